The van der Waals surface area contributed by atoms with E-state index in [0.717, 1.165) is 42.0 Å². The van der Waals surface area contributed by atoms with E-state index in [4.69, 9.17) is 0 Å². The summed E-state index contributed by atoms with van der Waals surface area (Å²) < 4.78 is 0. The molecule has 2 N–H and O–H groups in total. The fourth-order valence-corrected chi connectivity index (χ4v) is 5.22. The van der Waals surface area contributed by atoms with Gasteiger partial charge in [-0.05, 0) is 54.3 Å². The summed E-state index contributed by atoms with van der Waals surface area (Å²) in [5.74, 6) is -0.232. The lowest BCUT2D eigenvalue weighted by atomic mass is 9.99. The number of carbonyl (C=O) groups is 2. The molecule has 3 aromatic carbocycles. The first kappa shape index (κ1) is 23.8. The van der Waals surface area contributed by atoms with Gasteiger partial charge in [0, 0.05) is 42.2 Å². The molecule has 0 aliphatic carbocycles. The fraction of sp³-hybridized carbons (Fsp3) is 0.207. The van der Waals surface area contributed by atoms with Gasteiger partial charge in [0.2, 0.25) is 5.91 Å². The van der Waals surface area contributed by atoms with E-state index in [-0.39, 0.29) is 17.9 Å². The van der Waals surface area contributed by atoms with Crippen LogP contribution < -0.4 is 15.5 Å². The van der Waals surface area contributed by atoms with Crippen LogP contribution >= 0.6 is 11.3 Å². The molecule has 0 radical (unpaired) electrons. The third-order valence-corrected chi connectivity index (χ3v) is 7.23. The molecule has 2 heterocycles. The van der Waals surface area contributed by atoms with Crippen LogP contribution in [0.25, 0.3) is 11.3 Å². The van der Waals surface area contributed by atoms with Crippen molar-refractivity contribution < 1.29 is 9.59 Å². The van der Waals surface area contributed by atoms with Gasteiger partial charge in [-0.1, -0.05) is 48.5 Å². The van der Waals surface area contributed by atoms with Crippen molar-refractivity contribution in [3.8, 4) is 11.3 Å². The Bertz CT molecular complexity index is 1380. The lowest BCUT2D eigenvalue weighted by Gasteiger charge is -2.30. The maximum Gasteiger partial charge on any atom is 0.257 e. The van der Waals surface area contributed by atoms with Gasteiger partial charge in [0.15, 0.2) is 5.13 Å². The highest BCUT2D eigenvalue weighted by Crippen LogP contribution is 2.28. The summed E-state index contributed by atoms with van der Waals surface area (Å²) in [7, 11) is 0. The number of amides is 2. The molecule has 1 aliphatic heterocycles. The maximum absolute atomic E-state index is 12.8. The van der Waals surface area contributed by atoms with Gasteiger partial charge in [0.1, 0.15) is 0 Å². The number of aromatic nitrogens is 1. The van der Waals surface area contributed by atoms with E-state index in [1.54, 1.807) is 0 Å². The molecule has 0 saturated carbocycles. The normalized spacial score (nSPS) is 13.6. The molecule has 182 valence electrons. The van der Waals surface area contributed by atoms with Crippen molar-refractivity contribution in [2.75, 3.05) is 16.8 Å². The molecule has 6 nitrogen and oxygen atoms in total. The molecular formula is C29H28N4O2S. The van der Waals surface area contributed by atoms with E-state index < -0.39 is 0 Å². The molecule has 0 saturated heterocycles. The van der Waals surface area contributed by atoms with Crippen LogP contribution in [-0.4, -0.2) is 23.3 Å². The van der Waals surface area contributed by atoms with Gasteiger partial charge in [-0.25, -0.2) is 4.98 Å². The monoisotopic (exact) mass is 496 g/mol. The van der Waals surface area contributed by atoms with Crippen molar-refractivity contribution >= 4 is 34.0 Å². The maximum atomic E-state index is 12.8. The zero-order valence-electron chi connectivity index (χ0n) is 20.3. The highest BCUT2D eigenvalue weighted by molar-refractivity contribution is 7.14. The summed E-state index contributed by atoms with van der Waals surface area (Å²) in [5.41, 5.74) is 7.28. The van der Waals surface area contributed by atoms with Crippen molar-refractivity contribution in [2.45, 2.75) is 32.9 Å². The van der Waals surface area contributed by atoms with E-state index in [9.17, 15) is 9.59 Å². The molecule has 1 atom stereocenters. The number of hydrogen-bond donors (Lipinski definition) is 2. The Morgan fingerprint density at radius 2 is 1.69 bits per heavy atom. The quantitative estimate of drug-likeness (QED) is 0.353. The number of thiazole rings is 1. The van der Waals surface area contributed by atoms with Crippen LogP contribution in [0.4, 0.5) is 10.8 Å². The minimum absolute atomic E-state index is 0.0565. The highest BCUT2D eigenvalue weighted by atomic mass is 32.1. The van der Waals surface area contributed by atoms with E-state index in [2.05, 4.69) is 44.8 Å². The molecule has 0 fully saturated rings. The number of anilines is 2. The van der Waals surface area contributed by atoms with Crippen LogP contribution in [0.3, 0.4) is 0 Å². The van der Waals surface area contributed by atoms with Crippen molar-refractivity contribution in [3.05, 3.63) is 100 Å². The Balaban J connectivity index is 1.21. The summed E-state index contributed by atoms with van der Waals surface area (Å²) in [6.45, 7) is 5.32. The second kappa shape index (κ2) is 10.3. The third kappa shape index (κ3) is 5.31. The van der Waals surface area contributed by atoms with Gasteiger partial charge in [-0.15, -0.1) is 11.3 Å². The molecule has 0 bridgehead atoms. The SMILES string of the molecule is CC(=O)NC(C)c1ccc(-c2csc(NC(=O)c3ccc(N4CCc5ccccc5C4)cc3)n2)cc1. The van der Waals surface area contributed by atoms with Crippen LogP contribution in [0, 0.1) is 0 Å². The summed E-state index contributed by atoms with van der Waals surface area (Å²) >= 11 is 1.40. The number of nitrogens with zero attached hydrogens (tertiary/aromatic N) is 2. The lowest BCUT2D eigenvalue weighted by Crippen LogP contribution is -2.30. The average Bonchev–Trinajstić information content (AvgIpc) is 3.36. The zero-order valence-corrected chi connectivity index (χ0v) is 21.1. The summed E-state index contributed by atoms with van der Waals surface area (Å²) in [6, 6.07) is 24.2. The molecule has 4 aromatic rings. The number of fused-ring (bicyclic) bond motifs is 1. The average molecular weight is 497 g/mol. The van der Waals surface area contributed by atoms with E-state index >= 15 is 0 Å². The largest absolute Gasteiger partial charge is 0.367 e. The first-order valence-electron chi connectivity index (χ1n) is 12.0. The van der Waals surface area contributed by atoms with Crippen LogP contribution in [-0.2, 0) is 17.8 Å². The number of carbonyl (C=O) groups excluding carboxylic acids is 2. The molecule has 1 unspecified atom stereocenters. The second-order valence-electron chi connectivity index (χ2n) is 9.02. The molecule has 7 heteroatoms. The van der Waals surface area contributed by atoms with Crippen LogP contribution in [0.2, 0.25) is 0 Å². The molecule has 1 aliphatic rings. The number of nitrogens with one attached hydrogen (secondary N) is 2. The summed E-state index contributed by atoms with van der Waals surface area (Å²) in [4.78, 5) is 31.0. The number of rotatable bonds is 6. The standard InChI is InChI=1S/C29H28N4O2S/c1-19(30-20(2)34)21-7-9-23(10-8-21)27-18-36-29(31-27)32-28(35)24-11-13-26(14-12-24)33-16-15-22-5-3-4-6-25(22)17-33/h3-14,18-19H,15-17H2,1-2H3,(H,30,34)(H,31,32,35). The van der Waals surface area contributed by atoms with Crippen molar-refractivity contribution in [1.29, 1.82) is 0 Å². The Morgan fingerprint density at radius 3 is 2.42 bits per heavy atom. The van der Waals surface area contributed by atoms with Crippen LogP contribution in [0.1, 0.15) is 46.9 Å². The van der Waals surface area contributed by atoms with Gasteiger partial charge < -0.3 is 10.2 Å². The van der Waals surface area contributed by atoms with Gasteiger partial charge in [0.25, 0.3) is 5.91 Å². The molecule has 2 amide bonds. The Morgan fingerprint density at radius 1 is 0.972 bits per heavy atom. The molecule has 5 rings (SSSR count). The van der Waals surface area contributed by atoms with Gasteiger partial charge in [-0.2, -0.15) is 0 Å². The zero-order chi connectivity index (χ0) is 25.1. The molecule has 0 spiro atoms. The highest BCUT2D eigenvalue weighted by Gasteiger charge is 2.17. The van der Waals surface area contributed by atoms with E-state index in [1.807, 2.05) is 60.8 Å². The minimum Gasteiger partial charge on any atom is -0.367 e. The third-order valence-electron chi connectivity index (χ3n) is 6.48. The number of benzene rings is 3. The Labute approximate surface area is 215 Å². The van der Waals surface area contributed by atoms with Crippen molar-refractivity contribution in [2.24, 2.45) is 0 Å². The molecular weight excluding hydrogens is 468 g/mol. The van der Waals surface area contributed by atoms with Gasteiger partial charge >= 0.3 is 0 Å². The Kier molecular flexibility index (Phi) is 6.82. The lowest BCUT2D eigenvalue weighted by molar-refractivity contribution is -0.119. The van der Waals surface area contributed by atoms with E-state index in [0.29, 0.717) is 10.7 Å². The number of hydrogen-bond acceptors (Lipinski definition) is 5. The fourth-order valence-electron chi connectivity index (χ4n) is 4.50. The molecule has 1 aromatic heterocycles. The minimum atomic E-state index is -0.175. The van der Waals surface area contributed by atoms with Gasteiger partial charge in [0.05, 0.1) is 11.7 Å². The van der Waals surface area contributed by atoms with Crippen LogP contribution in [0.5, 0.6) is 0 Å². The topological polar surface area (TPSA) is 74.3 Å². The summed E-state index contributed by atoms with van der Waals surface area (Å²) in [5, 5.41) is 8.29. The van der Waals surface area contributed by atoms with E-state index in [1.165, 1.54) is 29.4 Å². The van der Waals surface area contributed by atoms with Crippen molar-refractivity contribution in [3.63, 3.8) is 0 Å². The van der Waals surface area contributed by atoms with Crippen LogP contribution in [0.15, 0.2) is 78.2 Å². The van der Waals surface area contributed by atoms with Crippen molar-refractivity contribution in [1.82, 2.24) is 10.3 Å². The first-order chi connectivity index (χ1) is 17.5. The smallest absolute Gasteiger partial charge is 0.257 e. The molecule has 36 heavy (non-hydrogen) atoms. The first-order valence-corrected chi connectivity index (χ1v) is 12.9. The predicted molar refractivity (Wildman–Crippen MR) is 145 cm³/mol. The Hall–Kier alpha value is -3.97. The predicted octanol–water partition coefficient (Wildman–Crippen LogP) is 5.82. The summed E-state index contributed by atoms with van der Waals surface area (Å²) in [6.07, 6.45) is 1.03. The van der Waals surface area contributed by atoms with Gasteiger partial charge in [-0.3, -0.25) is 14.9 Å². The second-order valence-corrected chi connectivity index (χ2v) is 9.88.